The van der Waals surface area contributed by atoms with E-state index in [1.165, 1.54) is 0 Å². The molecule has 1 aromatic carbocycles. The Morgan fingerprint density at radius 1 is 1.26 bits per heavy atom. The highest BCUT2D eigenvalue weighted by atomic mass is 35.5. The quantitative estimate of drug-likeness (QED) is 0.790. The molecule has 0 radical (unpaired) electrons. The highest BCUT2D eigenvalue weighted by Crippen LogP contribution is 2.30. The molecule has 2 N–H and O–H groups in total. The van der Waals surface area contributed by atoms with Gasteiger partial charge in [-0.25, -0.2) is 4.79 Å². The highest BCUT2D eigenvalue weighted by molar-refractivity contribution is 6.34. The second-order valence-corrected chi connectivity index (χ2v) is 6.92. The molecule has 2 fully saturated rings. The molecule has 0 unspecified atom stereocenters. The Balaban J connectivity index is 1.84. The molecule has 1 aliphatic heterocycles. The van der Waals surface area contributed by atoms with Crippen molar-refractivity contribution in [1.29, 1.82) is 0 Å². The zero-order valence-corrected chi connectivity index (χ0v) is 16.4. The van der Waals surface area contributed by atoms with Crippen LogP contribution in [0.1, 0.15) is 51.2 Å². The Labute approximate surface area is 182 Å². The number of benzene rings is 1. The molecule has 1 saturated carbocycles. The molecule has 3 rings (SSSR count). The molecule has 27 heavy (non-hydrogen) atoms. The number of urea groups is 1. The van der Waals surface area contributed by atoms with Gasteiger partial charge < -0.3 is 15.5 Å². The third kappa shape index (κ3) is 5.52. The zero-order chi connectivity index (χ0) is 28.2. The number of amides is 2. The molecule has 0 aromatic heterocycles. The molecule has 150 valence electrons. The fraction of sp³-hybridized carbons (Fsp3) is 0.667. The van der Waals surface area contributed by atoms with Gasteiger partial charge in [0.2, 0.25) is 0 Å². The first kappa shape index (κ1) is 10.9. The van der Waals surface area contributed by atoms with Crippen molar-refractivity contribution in [2.24, 2.45) is 5.89 Å². The Kier molecular flexibility index (Phi) is 3.90. The predicted molar refractivity (Wildman–Crippen MR) is 113 cm³/mol. The third-order valence-electron chi connectivity index (χ3n) is 4.70. The number of nitrogens with zero attached hydrogens (tertiary/aromatic N) is 2. The number of carbonyl (C=O) groups is 1. The average molecular weight is 403 g/mol. The van der Waals surface area contributed by atoms with Crippen molar-refractivity contribution in [2.75, 3.05) is 44.7 Å². The summed E-state index contributed by atoms with van der Waals surface area (Å²) < 4.78 is 85.3. The van der Waals surface area contributed by atoms with Gasteiger partial charge in [0.05, 0.1) is 12.1 Å². The van der Waals surface area contributed by atoms with Crippen molar-refractivity contribution in [3.05, 3.63) is 28.8 Å². The van der Waals surface area contributed by atoms with Crippen LogP contribution in [0.4, 0.5) is 10.5 Å². The maximum absolute atomic E-state index is 12.0. The number of nitrogens with one attached hydrogen (secondary N) is 2. The SMILES string of the molecule is [2H]C1([2H])C([2H])([2H])[C@]([2H])(NC(=O)NC)C([2H])([2H])C([2H])([2H])[C@@]1([2H])CCN1CCN(c2cccc(C)c2Cl)CC1. The van der Waals surface area contributed by atoms with E-state index in [-0.39, 0.29) is 6.54 Å². The summed E-state index contributed by atoms with van der Waals surface area (Å²) in [6.45, 7) is 4.05. The molecule has 1 saturated heterocycles. The van der Waals surface area contributed by atoms with Gasteiger partial charge in [-0.15, -0.1) is 0 Å². The number of halogens is 1. The van der Waals surface area contributed by atoms with Crippen molar-refractivity contribution < 1.29 is 18.5 Å². The largest absolute Gasteiger partial charge is 0.368 e. The summed E-state index contributed by atoms with van der Waals surface area (Å²) in [7, 11) is 1.15. The number of carbonyl (C=O) groups excluding carboxylic acids is 1. The third-order valence-corrected chi connectivity index (χ3v) is 5.20. The number of piperazine rings is 1. The fourth-order valence-corrected chi connectivity index (χ4v) is 3.31. The molecule has 0 spiro atoms. The van der Waals surface area contributed by atoms with Crippen LogP contribution in [-0.4, -0.2) is 56.7 Å². The van der Waals surface area contributed by atoms with Crippen LogP contribution in [0.25, 0.3) is 0 Å². The standard InChI is InChI=1S/C21H33ClN4O/c1-16-4-3-5-19(20(16)22)26-14-12-25(13-15-26)11-10-17-6-8-18(9-7-17)24-21(27)23-2/h3-5,17-18H,6-15H2,1-2H3,(H2,23,24,27)/t17-,18-/i6D2,7D2,8D2,9D2,17D,18D. The minimum atomic E-state index is -3.47. The van der Waals surface area contributed by atoms with E-state index in [0.29, 0.717) is 31.2 Å². The van der Waals surface area contributed by atoms with Crippen molar-refractivity contribution in [3.8, 4) is 0 Å². The van der Waals surface area contributed by atoms with Crippen molar-refractivity contribution in [1.82, 2.24) is 15.5 Å². The lowest BCUT2D eigenvalue weighted by atomic mass is 9.84. The van der Waals surface area contributed by atoms with Gasteiger partial charge in [0.15, 0.2) is 0 Å². The van der Waals surface area contributed by atoms with Crippen LogP contribution < -0.4 is 15.5 Å². The molecule has 5 nitrogen and oxygen atoms in total. The van der Waals surface area contributed by atoms with Gasteiger partial charge in [-0.2, -0.15) is 0 Å². The Morgan fingerprint density at radius 3 is 2.63 bits per heavy atom. The Hall–Kier alpha value is -1.46. The van der Waals surface area contributed by atoms with Gasteiger partial charge in [-0.05, 0) is 62.9 Å². The van der Waals surface area contributed by atoms with Crippen LogP contribution in [0.15, 0.2) is 18.2 Å². The molecule has 1 aliphatic carbocycles. The van der Waals surface area contributed by atoms with Crippen molar-refractivity contribution in [2.45, 2.75) is 44.9 Å². The lowest BCUT2D eigenvalue weighted by molar-refractivity contribution is 0.206. The lowest BCUT2D eigenvalue weighted by Crippen LogP contribution is -2.47. The molecule has 1 heterocycles. The summed E-state index contributed by atoms with van der Waals surface area (Å²) in [5, 5.41) is 4.50. The first-order valence-electron chi connectivity index (χ1n) is 14.0. The van der Waals surface area contributed by atoms with E-state index in [0.717, 1.165) is 18.3 Å². The second kappa shape index (κ2) is 9.65. The maximum Gasteiger partial charge on any atom is 0.314 e. The Bertz CT molecular complexity index is 1000. The first-order chi connectivity index (χ1) is 16.8. The monoisotopic (exact) mass is 402 g/mol. The van der Waals surface area contributed by atoms with Crippen LogP contribution in [0, 0.1) is 12.8 Å². The van der Waals surface area contributed by atoms with Crippen LogP contribution in [0.2, 0.25) is 5.02 Å². The van der Waals surface area contributed by atoms with Crippen LogP contribution in [0.5, 0.6) is 0 Å². The van der Waals surface area contributed by atoms with E-state index in [2.05, 4.69) is 10.2 Å². The number of anilines is 1. The molecule has 6 heteroatoms. The van der Waals surface area contributed by atoms with E-state index in [9.17, 15) is 4.79 Å². The summed E-state index contributed by atoms with van der Waals surface area (Å²) in [4.78, 5) is 15.9. The Morgan fingerprint density at radius 2 is 1.96 bits per heavy atom. The predicted octanol–water partition coefficient (Wildman–Crippen LogP) is 3.65. The van der Waals surface area contributed by atoms with Gasteiger partial charge in [0, 0.05) is 51.6 Å². The molecule has 0 atom stereocenters. The smallest absolute Gasteiger partial charge is 0.314 e. The maximum atomic E-state index is 12.0. The zero-order valence-electron chi connectivity index (χ0n) is 25.7. The van der Waals surface area contributed by atoms with Gasteiger partial charge in [0.25, 0.3) is 0 Å². The van der Waals surface area contributed by atoms with Gasteiger partial charge in [-0.1, -0.05) is 23.7 Å². The first-order valence-corrected chi connectivity index (χ1v) is 9.42. The van der Waals surface area contributed by atoms with Gasteiger partial charge in [-0.3, -0.25) is 4.90 Å². The van der Waals surface area contributed by atoms with E-state index in [4.69, 9.17) is 25.3 Å². The van der Waals surface area contributed by atoms with E-state index in [1.54, 1.807) is 5.32 Å². The van der Waals surface area contributed by atoms with Gasteiger partial charge >= 0.3 is 6.03 Å². The van der Waals surface area contributed by atoms with Crippen molar-refractivity contribution >= 4 is 23.3 Å². The van der Waals surface area contributed by atoms with Crippen LogP contribution >= 0.6 is 11.6 Å². The number of hydrogen-bond acceptors (Lipinski definition) is 3. The summed E-state index contributed by atoms with van der Waals surface area (Å²) in [5.74, 6) is -2.92. The van der Waals surface area contributed by atoms with E-state index in [1.807, 2.05) is 30.0 Å². The minimum Gasteiger partial charge on any atom is -0.368 e. The normalized spacial score (nSPS) is 42.3. The highest BCUT2D eigenvalue weighted by Gasteiger charge is 2.24. The summed E-state index contributed by atoms with van der Waals surface area (Å²) in [5.41, 5.74) is 1.83. The summed E-state index contributed by atoms with van der Waals surface area (Å²) in [6.07, 6.45) is -14.2. The van der Waals surface area contributed by atoms with E-state index < -0.39 is 49.9 Å². The van der Waals surface area contributed by atoms with E-state index >= 15 is 0 Å². The second-order valence-electron chi connectivity index (χ2n) is 6.54. The van der Waals surface area contributed by atoms with Crippen LogP contribution in [0.3, 0.4) is 0 Å². The van der Waals surface area contributed by atoms with Gasteiger partial charge in [0.1, 0.15) is 0 Å². The molecule has 1 aromatic rings. The summed E-state index contributed by atoms with van der Waals surface area (Å²) >= 11 is 6.44. The number of aryl methyl sites for hydroxylation is 1. The minimum absolute atomic E-state index is 0.0118. The van der Waals surface area contributed by atoms with Crippen LogP contribution in [-0.2, 0) is 0 Å². The lowest BCUT2D eigenvalue weighted by Gasteiger charge is -2.37. The molecule has 2 aliphatic rings. The number of hydrogen-bond donors (Lipinski definition) is 2. The average Bonchev–Trinajstić information content (AvgIpc) is 2.83. The number of rotatable bonds is 5. The summed E-state index contributed by atoms with van der Waals surface area (Å²) in [6, 6.07) is 1.20. The molecular formula is C21H33ClN4O. The molecule has 2 amide bonds. The van der Waals surface area contributed by atoms with Crippen molar-refractivity contribution in [3.63, 3.8) is 0 Å². The molecular weight excluding hydrogens is 360 g/mol. The molecule has 0 bridgehead atoms. The topological polar surface area (TPSA) is 47.6 Å². The fourth-order valence-electron chi connectivity index (χ4n) is 3.06.